The molecule has 0 atom stereocenters. The van der Waals surface area contributed by atoms with Gasteiger partial charge in [-0.1, -0.05) is 6.92 Å². The van der Waals surface area contributed by atoms with Crippen LogP contribution in [0.5, 0.6) is 5.75 Å². The molecule has 3 nitrogen and oxygen atoms in total. The minimum atomic E-state index is 0.195. The summed E-state index contributed by atoms with van der Waals surface area (Å²) in [7, 11) is 0. The number of hydrogen-bond acceptors (Lipinski definition) is 2. The van der Waals surface area contributed by atoms with E-state index < -0.39 is 0 Å². The van der Waals surface area contributed by atoms with Crippen molar-refractivity contribution in [2.24, 2.45) is 10.7 Å². The van der Waals surface area contributed by atoms with Gasteiger partial charge in [0.2, 0.25) is 0 Å². The first-order valence-corrected chi connectivity index (χ1v) is 5.21. The number of aliphatic imine (C=N–C) groups is 1. The molecule has 82 valence electrons. The SMILES string of the molecule is CCC(N)=Nc1ccc(OC(C)C)cc1. The van der Waals surface area contributed by atoms with Gasteiger partial charge in [0.1, 0.15) is 5.75 Å². The molecule has 0 bridgehead atoms. The Balaban J connectivity index is 2.72. The van der Waals surface area contributed by atoms with Gasteiger partial charge in [0, 0.05) is 6.42 Å². The van der Waals surface area contributed by atoms with Gasteiger partial charge < -0.3 is 10.5 Å². The highest BCUT2D eigenvalue weighted by atomic mass is 16.5. The van der Waals surface area contributed by atoms with Gasteiger partial charge in [0.15, 0.2) is 0 Å². The molecule has 1 aromatic rings. The van der Waals surface area contributed by atoms with Gasteiger partial charge >= 0.3 is 0 Å². The van der Waals surface area contributed by atoms with Gasteiger partial charge in [-0.25, -0.2) is 4.99 Å². The Hall–Kier alpha value is -1.51. The zero-order valence-corrected chi connectivity index (χ0v) is 9.53. The van der Waals surface area contributed by atoms with E-state index in [-0.39, 0.29) is 6.10 Å². The summed E-state index contributed by atoms with van der Waals surface area (Å²) in [6, 6.07) is 7.62. The molecule has 0 aliphatic carbocycles. The van der Waals surface area contributed by atoms with E-state index in [2.05, 4.69) is 4.99 Å². The number of ether oxygens (including phenoxy) is 1. The van der Waals surface area contributed by atoms with Crippen molar-refractivity contribution in [3.05, 3.63) is 24.3 Å². The van der Waals surface area contributed by atoms with E-state index >= 15 is 0 Å². The molecule has 0 heterocycles. The number of amidine groups is 1. The van der Waals surface area contributed by atoms with Crippen LogP contribution in [0.15, 0.2) is 29.3 Å². The second-order valence-corrected chi connectivity index (χ2v) is 3.62. The molecule has 0 aliphatic heterocycles. The lowest BCUT2D eigenvalue weighted by molar-refractivity contribution is 0.242. The maximum Gasteiger partial charge on any atom is 0.119 e. The van der Waals surface area contributed by atoms with Crippen molar-refractivity contribution < 1.29 is 4.74 Å². The monoisotopic (exact) mass is 206 g/mol. The summed E-state index contributed by atoms with van der Waals surface area (Å²) in [5.41, 5.74) is 6.51. The third-order valence-electron chi connectivity index (χ3n) is 1.84. The fourth-order valence-corrected chi connectivity index (χ4v) is 1.12. The zero-order valence-electron chi connectivity index (χ0n) is 9.53. The van der Waals surface area contributed by atoms with Crippen LogP contribution in [-0.4, -0.2) is 11.9 Å². The number of nitrogens with two attached hydrogens (primary N) is 1. The van der Waals surface area contributed by atoms with E-state index in [1.807, 2.05) is 45.0 Å². The summed E-state index contributed by atoms with van der Waals surface area (Å²) in [6.07, 6.45) is 0.963. The minimum Gasteiger partial charge on any atom is -0.491 e. The largest absolute Gasteiger partial charge is 0.491 e. The van der Waals surface area contributed by atoms with E-state index in [1.165, 1.54) is 0 Å². The van der Waals surface area contributed by atoms with Gasteiger partial charge in [-0.15, -0.1) is 0 Å². The second-order valence-electron chi connectivity index (χ2n) is 3.62. The molecule has 1 aromatic carbocycles. The molecule has 0 fully saturated rings. The van der Waals surface area contributed by atoms with E-state index in [9.17, 15) is 0 Å². The molecular formula is C12H18N2O. The summed E-state index contributed by atoms with van der Waals surface area (Å²) in [4.78, 5) is 4.24. The van der Waals surface area contributed by atoms with E-state index in [0.717, 1.165) is 17.9 Å². The van der Waals surface area contributed by atoms with E-state index in [1.54, 1.807) is 0 Å². The maximum absolute atomic E-state index is 5.64. The molecule has 0 spiro atoms. The lowest BCUT2D eigenvalue weighted by atomic mass is 10.3. The quantitative estimate of drug-likeness (QED) is 0.608. The van der Waals surface area contributed by atoms with E-state index in [4.69, 9.17) is 10.5 Å². The predicted molar refractivity (Wildman–Crippen MR) is 63.8 cm³/mol. The molecule has 3 heteroatoms. The number of nitrogens with zero attached hydrogens (tertiary/aromatic N) is 1. The van der Waals surface area contributed by atoms with Gasteiger partial charge in [0.25, 0.3) is 0 Å². The molecule has 0 unspecified atom stereocenters. The number of hydrogen-bond donors (Lipinski definition) is 1. The second kappa shape index (κ2) is 5.39. The average Bonchev–Trinajstić information content (AvgIpc) is 2.20. The zero-order chi connectivity index (χ0) is 11.3. The maximum atomic E-state index is 5.64. The standard InChI is InChI=1S/C12H18N2O/c1-4-12(13)14-10-5-7-11(8-6-10)15-9(2)3/h5-9H,4H2,1-3H3,(H2,13,14). The predicted octanol–water partition coefficient (Wildman–Crippen LogP) is 2.87. The molecule has 0 aliphatic rings. The molecule has 0 aromatic heterocycles. The topological polar surface area (TPSA) is 47.6 Å². The van der Waals surface area contributed by atoms with Gasteiger partial charge in [0.05, 0.1) is 17.6 Å². The molecule has 0 amide bonds. The van der Waals surface area contributed by atoms with Crippen molar-refractivity contribution in [2.75, 3.05) is 0 Å². The van der Waals surface area contributed by atoms with Crippen molar-refractivity contribution >= 4 is 11.5 Å². The first-order valence-electron chi connectivity index (χ1n) is 5.21. The smallest absolute Gasteiger partial charge is 0.119 e. The van der Waals surface area contributed by atoms with Gasteiger partial charge in [-0.05, 0) is 38.1 Å². The van der Waals surface area contributed by atoms with Gasteiger partial charge in [-0.2, -0.15) is 0 Å². The lowest BCUT2D eigenvalue weighted by Gasteiger charge is -2.09. The van der Waals surface area contributed by atoms with Crippen LogP contribution in [-0.2, 0) is 0 Å². The van der Waals surface area contributed by atoms with Crippen molar-refractivity contribution in [1.82, 2.24) is 0 Å². The van der Waals surface area contributed by atoms with Crippen molar-refractivity contribution in [3.63, 3.8) is 0 Å². The van der Waals surface area contributed by atoms with Crippen LogP contribution in [0.3, 0.4) is 0 Å². The van der Waals surface area contributed by atoms with Crippen molar-refractivity contribution in [1.29, 1.82) is 0 Å². The van der Waals surface area contributed by atoms with Crippen LogP contribution in [0.4, 0.5) is 5.69 Å². The highest BCUT2D eigenvalue weighted by Crippen LogP contribution is 2.19. The Kier molecular flexibility index (Phi) is 4.16. The van der Waals surface area contributed by atoms with Gasteiger partial charge in [-0.3, -0.25) is 0 Å². The first-order chi connectivity index (χ1) is 7.11. The Morgan fingerprint density at radius 3 is 2.40 bits per heavy atom. The third kappa shape index (κ3) is 4.02. The van der Waals surface area contributed by atoms with E-state index in [0.29, 0.717) is 5.84 Å². The molecule has 2 N–H and O–H groups in total. The van der Waals surface area contributed by atoms with Crippen LogP contribution in [0.2, 0.25) is 0 Å². The minimum absolute atomic E-state index is 0.195. The lowest BCUT2D eigenvalue weighted by Crippen LogP contribution is -2.08. The summed E-state index contributed by atoms with van der Waals surface area (Å²) in [5.74, 6) is 1.51. The summed E-state index contributed by atoms with van der Waals surface area (Å²) >= 11 is 0. The van der Waals surface area contributed by atoms with Crippen LogP contribution in [0, 0.1) is 0 Å². The number of rotatable bonds is 4. The van der Waals surface area contributed by atoms with Crippen molar-refractivity contribution in [2.45, 2.75) is 33.3 Å². The molecule has 0 radical (unpaired) electrons. The molecular weight excluding hydrogens is 188 g/mol. The Morgan fingerprint density at radius 2 is 1.93 bits per heavy atom. The van der Waals surface area contributed by atoms with Crippen LogP contribution < -0.4 is 10.5 Å². The Labute approximate surface area is 91.0 Å². The Bertz CT molecular complexity index is 328. The fraction of sp³-hybridized carbons (Fsp3) is 0.417. The average molecular weight is 206 g/mol. The highest BCUT2D eigenvalue weighted by Gasteiger charge is 1.97. The van der Waals surface area contributed by atoms with Crippen LogP contribution in [0.25, 0.3) is 0 Å². The summed E-state index contributed by atoms with van der Waals surface area (Å²) in [6.45, 7) is 5.98. The highest BCUT2D eigenvalue weighted by molar-refractivity contribution is 5.82. The van der Waals surface area contributed by atoms with Crippen molar-refractivity contribution in [3.8, 4) is 5.75 Å². The fourth-order valence-electron chi connectivity index (χ4n) is 1.12. The third-order valence-corrected chi connectivity index (χ3v) is 1.84. The summed E-state index contributed by atoms with van der Waals surface area (Å²) < 4.78 is 5.52. The van der Waals surface area contributed by atoms with Crippen LogP contribution >= 0.6 is 0 Å². The normalized spacial score (nSPS) is 11.9. The molecule has 15 heavy (non-hydrogen) atoms. The van der Waals surface area contributed by atoms with Crippen LogP contribution in [0.1, 0.15) is 27.2 Å². The molecule has 0 saturated carbocycles. The molecule has 0 saturated heterocycles. The summed E-state index contributed by atoms with van der Waals surface area (Å²) in [5, 5.41) is 0. The first kappa shape index (κ1) is 11.6. The Morgan fingerprint density at radius 1 is 1.33 bits per heavy atom. The number of benzene rings is 1. The molecule has 1 rings (SSSR count).